The van der Waals surface area contributed by atoms with E-state index in [0.29, 0.717) is 17.9 Å². The zero-order valence-corrected chi connectivity index (χ0v) is 16.6. The van der Waals surface area contributed by atoms with Crippen molar-refractivity contribution in [2.45, 2.75) is 12.6 Å². The molecule has 1 amide bonds. The van der Waals surface area contributed by atoms with Crippen LogP contribution in [0.25, 0.3) is 11.4 Å². The van der Waals surface area contributed by atoms with Crippen molar-refractivity contribution in [2.24, 2.45) is 5.73 Å². The largest absolute Gasteiger partial charge is 0.390 e. The molecular weight excluding hydrogens is 382 g/mol. The fraction of sp³-hybridized carbons (Fsp3) is 0.333. The molecule has 9 nitrogen and oxygen atoms in total. The average Bonchev–Trinajstić information content (AvgIpc) is 3.23. The molecule has 0 unspecified atom stereocenters. The molecule has 1 aliphatic heterocycles. The quantitative estimate of drug-likeness (QED) is 0.590. The summed E-state index contributed by atoms with van der Waals surface area (Å²) in [6.07, 6.45) is -0.590. The van der Waals surface area contributed by atoms with Gasteiger partial charge < -0.3 is 15.7 Å². The van der Waals surface area contributed by atoms with Crippen molar-refractivity contribution < 1.29 is 9.90 Å². The van der Waals surface area contributed by atoms with E-state index in [-0.39, 0.29) is 6.54 Å². The number of anilines is 1. The Morgan fingerprint density at radius 2 is 1.70 bits per heavy atom. The number of carbonyl (C=O) groups excluding carboxylic acids is 1. The van der Waals surface area contributed by atoms with Crippen molar-refractivity contribution >= 4 is 11.6 Å². The molecule has 1 fully saturated rings. The van der Waals surface area contributed by atoms with Crippen molar-refractivity contribution in [3.63, 3.8) is 0 Å². The molecule has 4 rings (SSSR count). The van der Waals surface area contributed by atoms with Crippen LogP contribution in [0, 0.1) is 0 Å². The summed E-state index contributed by atoms with van der Waals surface area (Å²) in [4.78, 5) is 17.2. The minimum Gasteiger partial charge on any atom is -0.390 e. The first-order chi connectivity index (χ1) is 14.6. The van der Waals surface area contributed by atoms with Crippen LogP contribution in [0.15, 0.2) is 54.6 Å². The third-order valence-corrected chi connectivity index (χ3v) is 5.22. The highest BCUT2D eigenvalue weighted by Crippen LogP contribution is 2.16. The van der Waals surface area contributed by atoms with Gasteiger partial charge in [0.2, 0.25) is 11.7 Å². The standard InChI is InChI=1S/C21H25N7O2/c22-20(30)16-6-8-17(9-7-16)21-23-25-28(24-21)15-19(29)14-26-10-12-27(13-11-26)18-4-2-1-3-5-18/h1-9,19,29H,10-15H2,(H2,22,30)/t19-/m0/s1. The Morgan fingerprint density at radius 3 is 2.37 bits per heavy atom. The SMILES string of the molecule is NC(=O)c1ccc(-c2nnn(C[C@@H](O)CN3CCN(c4ccccc4)CC3)n2)cc1. The molecule has 9 heteroatoms. The fourth-order valence-corrected chi connectivity index (χ4v) is 3.59. The zero-order valence-electron chi connectivity index (χ0n) is 16.6. The average molecular weight is 407 g/mol. The molecule has 2 aromatic carbocycles. The number of tetrazole rings is 1. The maximum atomic E-state index is 11.2. The van der Waals surface area contributed by atoms with Crippen molar-refractivity contribution in [1.29, 1.82) is 0 Å². The highest BCUT2D eigenvalue weighted by atomic mass is 16.3. The Morgan fingerprint density at radius 1 is 1.00 bits per heavy atom. The number of aliphatic hydroxyl groups is 1. The number of amides is 1. The van der Waals surface area contributed by atoms with Crippen LogP contribution in [0.2, 0.25) is 0 Å². The number of piperazine rings is 1. The van der Waals surface area contributed by atoms with E-state index in [1.165, 1.54) is 10.5 Å². The van der Waals surface area contributed by atoms with Gasteiger partial charge in [0, 0.05) is 49.5 Å². The van der Waals surface area contributed by atoms with Crippen molar-refractivity contribution in [2.75, 3.05) is 37.6 Å². The van der Waals surface area contributed by atoms with Crippen LogP contribution in [-0.4, -0.2) is 74.9 Å². The van der Waals surface area contributed by atoms with Gasteiger partial charge in [-0.05, 0) is 29.5 Å². The highest BCUT2D eigenvalue weighted by molar-refractivity contribution is 5.93. The van der Waals surface area contributed by atoms with Gasteiger partial charge in [-0.3, -0.25) is 9.69 Å². The smallest absolute Gasteiger partial charge is 0.248 e. The van der Waals surface area contributed by atoms with E-state index >= 15 is 0 Å². The minimum atomic E-state index is -0.590. The van der Waals surface area contributed by atoms with Crippen molar-refractivity contribution in [3.8, 4) is 11.4 Å². The second kappa shape index (κ2) is 9.02. The Bertz CT molecular complexity index is 967. The molecule has 1 aromatic heterocycles. The van der Waals surface area contributed by atoms with Gasteiger partial charge in [0.15, 0.2) is 0 Å². The lowest BCUT2D eigenvalue weighted by Gasteiger charge is -2.36. The van der Waals surface area contributed by atoms with Crippen LogP contribution in [0.1, 0.15) is 10.4 Å². The number of benzene rings is 2. The van der Waals surface area contributed by atoms with Crippen LogP contribution < -0.4 is 10.6 Å². The topological polar surface area (TPSA) is 113 Å². The molecule has 3 N–H and O–H groups in total. The number of hydrogen-bond acceptors (Lipinski definition) is 7. The van der Waals surface area contributed by atoms with E-state index in [1.807, 2.05) is 6.07 Å². The summed E-state index contributed by atoms with van der Waals surface area (Å²) in [7, 11) is 0. The number of rotatable bonds is 7. The fourth-order valence-electron chi connectivity index (χ4n) is 3.59. The zero-order chi connectivity index (χ0) is 20.9. The normalized spacial score (nSPS) is 15.8. The predicted molar refractivity (Wildman–Crippen MR) is 113 cm³/mol. The molecule has 0 aliphatic carbocycles. The van der Waals surface area contributed by atoms with Gasteiger partial charge in [0.05, 0.1) is 12.6 Å². The summed E-state index contributed by atoms with van der Waals surface area (Å²) in [5, 5.41) is 22.9. The maximum Gasteiger partial charge on any atom is 0.248 e. The van der Waals surface area contributed by atoms with Crippen molar-refractivity contribution in [1.82, 2.24) is 25.1 Å². The maximum absolute atomic E-state index is 11.2. The van der Waals surface area contributed by atoms with Gasteiger partial charge in [-0.25, -0.2) is 0 Å². The van der Waals surface area contributed by atoms with Gasteiger partial charge in [-0.2, -0.15) is 4.80 Å². The summed E-state index contributed by atoms with van der Waals surface area (Å²) < 4.78 is 0. The first kappa shape index (κ1) is 20.0. The minimum absolute atomic E-state index is 0.269. The lowest BCUT2D eigenvalue weighted by molar-refractivity contribution is 0.0879. The number of aliphatic hydroxyl groups excluding tert-OH is 1. The van der Waals surface area contributed by atoms with Crippen LogP contribution in [0.3, 0.4) is 0 Å². The van der Waals surface area contributed by atoms with E-state index in [1.54, 1.807) is 24.3 Å². The third-order valence-electron chi connectivity index (χ3n) is 5.22. The Kier molecular flexibility index (Phi) is 6.01. The van der Waals surface area contributed by atoms with Crippen LogP contribution in [-0.2, 0) is 6.54 Å². The third kappa shape index (κ3) is 4.81. The molecule has 156 valence electrons. The van der Waals surface area contributed by atoms with E-state index in [9.17, 15) is 9.90 Å². The molecular formula is C21H25N7O2. The predicted octanol–water partition coefficient (Wildman–Crippen LogP) is 0.622. The summed E-state index contributed by atoms with van der Waals surface area (Å²) in [5.74, 6) is -0.0411. The van der Waals surface area contributed by atoms with E-state index in [2.05, 4.69) is 49.5 Å². The molecule has 30 heavy (non-hydrogen) atoms. The second-order valence-corrected chi connectivity index (χ2v) is 7.39. The van der Waals surface area contributed by atoms with E-state index < -0.39 is 12.0 Å². The lowest BCUT2D eigenvalue weighted by atomic mass is 10.1. The lowest BCUT2D eigenvalue weighted by Crippen LogP contribution is -2.49. The first-order valence-corrected chi connectivity index (χ1v) is 9.97. The van der Waals surface area contributed by atoms with Gasteiger partial charge in [-0.15, -0.1) is 10.2 Å². The van der Waals surface area contributed by atoms with Gasteiger partial charge in [-0.1, -0.05) is 30.3 Å². The number of para-hydroxylation sites is 1. The van der Waals surface area contributed by atoms with Crippen LogP contribution in [0.5, 0.6) is 0 Å². The van der Waals surface area contributed by atoms with Gasteiger partial charge in [0.25, 0.3) is 0 Å². The molecule has 0 bridgehead atoms. The number of β-amino-alcohol motifs (C(OH)–C–C–N with tert-alkyl or cyclic N) is 1. The number of nitrogens with two attached hydrogens (primary N) is 1. The molecule has 1 saturated heterocycles. The molecule has 0 saturated carbocycles. The van der Waals surface area contributed by atoms with E-state index in [4.69, 9.17) is 5.73 Å². The summed E-state index contributed by atoms with van der Waals surface area (Å²) in [6, 6.07) is 17.1. The first-order valence-electron chi connectivity index (χ1n) is 9.97. The number of nitrogens with zero attached hydrogens (tertiary/aromatic N) is 6. The second-order valence-electron chi connectivity index (χ2n) is 7.39. The molecule has 0 spiro atoms. The Labute approximate surface area is 174 Å². The van der Waals surface area contributed by atoms with Crippen molar-refractivity contribution in [3.05, 3.63) is 60.2 Å². The molecule has 1 atom stereocenters. The highest BCUT2D eigenvalue weighted by Gasteiger charge is 2.20. The van der Waals surface area contributed by atoms with Gasteiger partial charge in [0.1, 0.15) is 0 Å². The number of carbonyl (C=O) groups is 1. The number of hydrogen-bond donors (Lipinski definition) is 2. The van der Waals surface area contributed by atoms with E-state index in [0.717, 1.165) is 31.7 Å². The summed E-state index contributed by atoms with van der Waals surface area (Å²) in [6.45, 7) is 4.49. The molecule has 1 aliphatic rings. The molecule has 0 radical (unpaired) electrons. The number of aromatic nitrogens is 4. The summed E-state index contributed by atoms with van der Waals surface area (Å²) in [5.41, 5.74) is 7.65. The summed E-state index contributed by atoms with van der Waals surface area (Å²) >= 11 is 0. The van der Waals surface area contributed by atoms with Crippen LogP contribution >= 0.6 is 0 Å². The monoisotopic (exact) mass is 407 g/mol. The van der Waals surface area contributed by atoms with Crippen LogP contribution in [0.4, 0.5) is 5.69 Å². The Balaban J connectivity index is 1.28. The molecule has 3 aromatic rings. The number of primary amides is 1. The van der Waals surface area contributed by atoms with Gasteiger partial charge >= 0.3 is 0 Å². The Hall–Kier alpha value is -3.30. The molecule has 2 heterocycles.